The summed E-state index contributed by atoms with van der Waals surface area (Å²) < 4.78 is 7.17. The third kappa shape index (κ3) is 6.98. The van der Waals surface area contributed by atoms with Crippen LogP contribution in [-0.2, 0) is 22.4 Å². The fourth-order valence-electron chi connectivity index (χ4n) is 4.34. The highest BCUT2D eigenvalue weighted by molar-refractivity contribution is 5.98. The quantitative estimate of drug-likeness (QED) is 0.273. The molecule has 4 N–H and O–H groups in total. The lowest BCUT2D eigenvalue weighted by Crippen LogP contribution is -2.26. The van der Waals surface area contributed by atoms with Crippen molar-refractivity contribution in [3.63, 3.8) is 0 Å². The van der Waals surface area contributed by atoms with Crippen molar-refractivity contribution in [2.45, 2.75) is 40.0 Å². The maximum Gasteiger partial charge on any atom is 0.262 e. The van der Waals surface area contributed by atoms with Gasteiger partial charge in [-0.15, -0.1) is 0 Å². The van der Waals surface area contributed by atoms with E-state index in [1.807, 2.05) is 69.3 Å². The van der Waals surface area contributed by atoms with Gasteiger partial charge in [-0.2, -0.15) is 5.10 Å². The van der Waals surface area contributed by atoms with Crippen molar-refractivity contribution in [3.8, 4) is 5.75 Å². The Kier molecular flexibility index (Phi) is 8.55. The molecule has 4 rings (SSSR count). The van der Waals surface area contributed by atoms with Crippen molar-refractivity contribution in [3.05, 3.63) is 88.4 Å². The lowest BCUT2D eigenvalue weighted by molar-refractivity contribution is -0.121. The van der Waals surface area contributed by atoms with Crippen LogP contribution in [0.5, 0.6) is 5.75 Å². The molecule has 0 spiro atoms. The van der Waals surface area contributed by atoms with Crippen LogP contribution in [0.2, 0.25) is 0 Å². The predicted molar refractivity (Wildman–Crippen MR) is 148 cm³/mol. The summed E-state index contributed by atoms with van der Waals surface area (Å²) in [5.41, 5.74) is 11.4. The average Bonchev–Trinajstić information content (AvgIpc) is 3.32. The Morgan fingerprint density at radius 1 is 1.00 bits per heavy atom. The predicted octanol–water partition coefficient (Wildman–Crippen LogP) is 3.06. The number of nitrogens with two attached hydrogens (primary N) is 1. The molecule has 2 aromatic carbocycles. The summed E-state index contributed by atoms with van der Waals surface area (Å²) in [4.78, 5) is 40.7. The Morgan fingerprint density at radius 2 is 1.77 bits per heavy atom. The number of aromatic nitrogens is 3. The highest BCUT2D eigenvalue weighted by Crippen LogP contribution is 2.19. The number of anilines is 1. The van der Waals surface area contributed by atoms with Gasteiger partial charge in [0.2, 0.25) is 5.91 Å². The largest absolute Gasteiger partial charge is 0.484 e. The summed E-state index contributed by atoms with van der Waals surface area (Å²) in [7, 11) is 0. The number of carbonyl (C=O) groups is 3. The Labute approximate surface area is 226 Å². The number of ether oxygens (including phenoxy) is 1. The number of nitrogens with one attached hydrogen (secondary N) is 2. The van der Waals surface area contributed by atoms with Gasteiger partial charge in [0, 0.05) is 30.0 Å². The molecule has 10 heteroatoms. The van der Waals surface area contributed by atoms with Crippen LogP contribution in [0.25, 0.3) is 5.65 Å². The number of aryl methyl sites for hydroxylation is 3. The first-order valence-electron chi connectivity index (χ1n) is 12.7. The molecule has 0 bridgehead atoms. The third-order valence-electron chi connectivity index (χ3n) is 6.41. The second-order valence-electron chi connectivity index (χ2n) is 9.37. The summed E-state index contributed by atoms with van der Waals surface area (Å²) >= 11 is 0. The van der Waals surface area contributed by atoms with Gasteiger partial charge in [-0.05, 0) is 74.6 Å². The van der Waals surface area contributed by atoms with Crippen LogP contribution in [0, 0.1) is 20.8 Å². The van der Waals surface area contributed by atoms with Crippen LogP contribution in [0.3, 0.4) is 0 Å². The maximum absolute atomic E-state index is 12.5. The minimum Gasteiger partial charge on any atom is -0.484 e. The summed E-state index contributed by atoms with van der Waals surface area (Å²) in [6, 6.07) is 15.0. The van der Waals surface area contributed by atoms with E-state index in [1.54, 1.807) is 4.52 Å². The molecule has 0 fully saturated rings. The molecule has 4 aromatic rings. The van der Waals surface area contributed by atoms with Crippen LogP contribution >= 0.6 is 0 Å². The normalized spacial score (nSPS) is 10.8. The van der Waals surface area contributed by atoms with Gasteiger partial charge in [0.15, 0.2) is 12.3 Å². The number of fused-ring (bicyclic) bond motifs is 1. The highest BCUT2D eigenvalue weighted by atomic mass is 16.5. The molecule has 0 aliphatic heterocycles. The fraction of sp³-hybridized carbons (Fsp3) is 0.276. The highest BCUT2D eigenvalue weighted by Gasteiger charge is 2.17. The molecular formula is C29H32N6O4. The lowest BCUT2D eigenvalue weighted by Gasteiger charge is -2.12. The first kappa shape index (κ1) is 27.3. The molecule has 0 radical (unpaired) electrons. The van der Waals surface area contributed by atoms with Crippen LogP contribution in [-0.4, -0.2) is 45.5 Å². The second kappa shape index (κ2) is 12.2. The summed E-state index contributed by atoms with van der Waals surface area (Å²) in [5.74, 6) is -0.272. The Hall–Kier alpha value is -4.73. The Balaban J connectivity index is 1.20. The third-order valence-corrected chi connectivity index (χ3v) is 6.41. The molecular weight excluding hydrogens is 496 g/mol. The van der Waals surface area contributed by atoms with Crippen LogP contribution in [0.4, 0.5) is 5.69 Å². The maximum atomic E-state index is 12.5. The number of rotatable bonds is 11. The van der Waals surface area contributed by atoms with Gasteiger partial charge in [-0.1, -0.05) is 24.3 Å². The Bertz CT molecular complexity index is 1510. The number of amides is 3. The van der Waals surface area contributed by atoms with E-state index in [4.69, 9.17) is 10.5 Å². The fourth-order valence-corrected chi connectivity index (χ4v) is 4.34. The van der Waals surface area contributed by atoms with E-state index in [0.29, 0.717) is 37.2 Å². The number of benzene rings is 2. The van der Waals surface area contributed by atoms with Gasteiger partial charge in [-0.3, -0.25) is 14.4 Å². The van der Waals surface area contributed by atoms with E-state index in [1.165, 1.54) is 6.20 Å². The van der Waals surface area contributed by atoms with Gasteiger partial charge < -0.3 is 21.1 Å². The lowest BCUT2D eigenvalue weighted by atomic mass is 10.1. The van der Waals surface area contributed by atoms with Gasteiger partial charge in [0.1, 0.15) is 11.3 Å². The second-order valence-corrected chi connectivity index (χ2v) is 9.37. The monoisotopic (exact) mass is 528 g/mol. The smallest absolute Gasteiger partial charge is 0.262 e. The van der Waals surface area contributed by atoms with E-state index >= 15 is 0 Å². The minimum absolute atomic E-state index is 0.0632. The summed E-state index contributed by atoms with van der Waals surface area (Å²) in [5, 5.41) is 9.99. The van der Waals surface area contributed by atoms with Crippen LogP contribution in [0.15, 0.2) is 54.7 Å². The van der Waals surface area contributed by atoms with Crippen molar-refractivity contribution in [2.75, 3.05) is 18.5 Å². The van der Waals surface area contributed by atoms with Gasteiger partial charge in [0.25, 0.3) is 11.8 Å². The molecule has 0 atom stereocenters. The Morgan fingerprint density at radius 3 is 2.49 bits per heavy atom. The van der Waals surface area contributed by atoms with E-state index in [2.05, 4.69) is 20.7 Å². The van der Waals surface area contributed by atoms with Crippen molar-refractivity contribution < 1.29 is 19.1 Å². The zero-order valence-electron chi connectivity index (χ0n) is 22.3. The van der Waals surface area contributed by atoms with Gasteiger partial charge in [0.05, 0.1) is 6.20 Å². The van der Waals surface area contributed by atoms with Gasteiger partial charge in [-0.25, -0.2) is 9.50 Å². The molecule has 2 heterocycles. The van der Waals surface area contributed by atoms with Crippen molar-refractivity contribution >= 4 is 29.1 Å². The number of primary amides is 1. The van der Waals surface area contributed by atoms with Crippen molar-refractivity contribution in [2.24, 2.45) is 5.73 Å². The first-order chi connectivity index (χ1) is 18.7. The number of hydrogen-bond donors (Lipinski definition) is 3. The SMILES string of the molecule is Cc1cccc(NC(=O)COc2ccc(CCNC(=O)CCc3c(C)nc4c(C(N)=O)cnn4c3C)cc2)c1. The van der Waals surface area contributed by atoms with Crippen LogP contribution < -0.4 is 21.1 Å². The molecule has 0 aliphatic rings. The minimum atomic E-state index is -0.577. The number of hydrogen-bond acceptors (Lipinski definition) is 6. The van der Waals surface area contributed by atoms with E-state index in [9.17, 15) is 14.4 Å². The summed E-state index contributed by atoms with van der Waals surface area (Å²) in [6.07, 6.45) is 2.88. The topological polar surface area (TPSA) is 141 Å². The first-order valence-corrected chi connectivity index (χ1v) is 12.7. The molecule has 0 saturated heterocycles. The molecule has 2 aromatic heterocycles. The van der Waals surface area contributed by atoms with E-state index < -0.39 is 5.91 Å². The van der Waals surface area contributed by atoms with E-state index in [0.717, 1.165) is 33.8 Å². The molecule has 10 nitrogen and oxygen atoms in total. The molecule has 202 valence electrons. The van der Waals surface area contributed by atoms with Crippen LogP contribution in [0.1, 0.15) is 44.9 Å². The zero-order chi connectivity index (χ0) is 27.9. The zero-order valence-corrected chi connectivity index (χ0v) is 22.3. The number of nitrogens with zero attached hydrogens (tertiary/aromatic N) is 3. The average molecular weight is 529 g/mol. The summed E-state index contributed by atoms with van der Waals surface area (Å²) in [6.45, 7) is 6.11. The standard InChI is InChI=1S/C29H32N6O4/c1-18-5-4-6-22(15-18)34-27(37)17-39-23-9-7-21(8-10-23)13-14-31-26(36)12-11-24-19(2)33-29-25(28(30)38)16-32-35(29)20(24)3/h4-10,15-16H,11-14,17H2,1-3H3,(H2,30,38)(H,31,36)(H,34,37). The molecule has 0 saturated carbocycles. The molecule has 0 unspecified atom stereocenters. The van der Waals surface area contributed by atoms with Gasteiger partial charge >= 0.3 is 0 Å². The number of carbonyl (C=O) groups excluding carboxylic acids is 3. The molecule has 3 amide bonds. The molecule has 0 aliphatic carbocycles. The van der Waals surface area contributed by atoms with E-state index in [-0.39, 0.29) is 24.0 Å². The van der Waals surface area contributed by atoms with Crippen molar-refractivity contribution in [1.29, 1.82) is 0 Å². The van der Waals surface area contributed by atoms with Crippen molar-refractivity contribution in [1.82, 2.24) is 19.9 Å². The molecule has 39 heavy (non-hydrogen) atoms.